The molecule has 6 atom stereocenters. The van der Waals surface area contributed by atoms with Crippen molar-refractivity contribution in [3.05, 3.63) is 0 Å². The molecule has 2 aliphatic heterocycles. The van der Waals surface area contributed by atoms with Gasteiger partial charge in [-0.25, -0.2) is 4.99 Å². The van der Waals surface area contributed by atoms with Crippen molar-refractivity contribution in [2.75, 3.05) is 13.2 Å². The molecule has 162 valence electrons. The fourth-order valence-corrected chi connectivity index (χ4v) is 4.56. The van der Waals surface area contributed by atoms with E-state index in [1.165, 1.54) is 30.6 Å². The monoisotopic (exact) mass is 398 g/mol. The number of unbranched alkanes of at least 4 members (excludes halogenated alkanes) is 6. The Morgan fingerprint density at radius 1 is 1.21 bits per heavy atom. The van der Waals surface area contributed by atoms with Crippen molar-refractivity contribution >= 4 is 12.2 Å². The number of aliphatic carboxylic acids is 1. The maximum Gasteiger partial charge on any atom is 0.305 e. The Balaban J connectivity index is 1.53. The van der Waals surface area contributed by atoms with E-state index in [1.807, 2.05) is 6.21 Å². The minimum absolute atomic E-state index is 0.142. The average Bonchev–Trinajstić information content (AvgIpc) is 3.16. The molecule has 0 aromatic heterocycles. The van der Waals surface area contributed by atoms with E-state index in [-0.39, 0.29) is 18.6 Å². The van der Waals surface area contributed by atoms with Gasteiger partial charge in [0.15, 0.2) is 6.67 Å². The minimum Gasteiger partial charge on any atom is -0.481 e. The highest BCUT2D eigenvalue weighted by atomic mass is 16.4. The molecule has 1 saturated heterocycles. The van der Waals surface area contributed by atoms with Gasteiger partial charge in [-0.3, -0.25) is 4.79 Å². The quantitative estimate of drug-likeness (QED) is 0.294. The Morgan fingerprint density at radius 3 is 2.54 bits per heavy atom. The molecule has 7 nitrogen and oxygen atoms in total. The lowest BCUT2D eigenvalue weighted by Gasteiger charge is -2.41. The molecule has 2 rings (SSSR count). The first-order valence-electron chi connectivity index (χ1n) is 11.1. The van der Waals surface area contributed by atoms with Crippen LogP contribution in [0.3, 0.4) is 0 Å². The molecule has 2 aliphatic rings. The first-order chi connectivity index (χ1) is 13.5. The zero-order chi connectivity index (χ0) is 20.4. The smallest absolute Gasteiger partial charge is 0.305 e. The lowest BCUT2D eigenvalue weighted by Crippen LogP contribution is -3.16. The number of carbonyl (C=O) groups is 1. The van der Waals surface area contributed by atoms with Crippen LogP contribution in [0, 0.1) is 0 Å². The number of quaternary nitrogens is 1. The number of nitrogens with zero attached hydrogens (tertiary/aromatic N) is 1. The summed E-state index contributed by atoms with van der Waals surface area (Å²) in [6, 6.07) is 1.08. The molecular formula is C21H40N3O4+. The molecule has 7 heteroatoms. The lowest BCUT2D eigenvalue weighted by molar-refractivity contribution is -0.914. The molecule has 0 amide bonds. The zero-order valence-electron chi connectivity index (χ0n) is 17.4. The van der Waals surface area contributed by atoms with Crippen LogP contribution in [0.5, 0.6) is 0 Å². The number of rotatable bonds is 13. The van der Waals surface area contributed by atoms with E-state index >= 15 is 0 Å². The van der Waals surface area contributed by atoms with Crippen LogP contribution in [0.25, 0.3) is 0 Å². The molecule has 28 heavy (non-hydrogen) atoms. The average molecular weight is 399 g/mol. The number of aliphatic hydroxyl groups excluding tert-OH is 2. The van der Waals surface area contributed by atoms with Gasteiger partial charge in [0.05, 0.1) is 30.9 Å². The molecule has 0 radical (unpaired) electrons. The molecule has 0 spiro atoms. The minimum atomic E-state index is -0.926. The highest BCUT2D eigenvalue weighted by molar-refractivity contribution is 5.67. The van der Waals surface area contributed by atoms with Crippen molar-refractivity contribution in [1.82, 2.24) is 5.32 Å². The third-order valence-electron chi connectivity index (χ3n) is 6.30. The molecule has 0 aliphatic carbocycles. The van der Waals surface area contributed by atoms with E-state index in [2.05, 4.69) is 17.2 Å². The van der Waals surface area contributed by atoms with Gasteiger partial charge >= 0.3 is 5.97 Å². The second kappa shape index (κ2) is 12.5. The third kappa shape index (κ3) is 8.15. The van der Waals surface area contributed by atoms with Gasteiger partial charge in [-0.15, -0.1) is 0 Å². The van der Waals surface area contributed by atoms with Crippen molar-refractivity contribution in [2.24, 2.45) is 4.99 Å². The molecule has 0 aromatic rings. The van der Waals surface area contributed by atoms with Gasteiger partial charge in [0.1, 0.15) is 12.6 Å². The molecule has 0 aromatic carbocycles. The van der Waals surface area contributed by atoms with Crippen molar-refractivity contribution in [3.8, 4) is 0 Å². The van der Waals surface area contributed by atoms with Gasteiger partial charge < -0.3 is 25.5 Å². The maximum atomic E-state index is 10.5. The molecule has 5 N–H and O–H groups in total. The Labute approximate surface area is 169 Å². The molecule has 0 bridgehead atoms. The fraction of sp³-hybridized carbons (Fsp3) is 0.905. The van der Waals surface area contributed by atoms with Crippen molar-refractivity contribution in [2.45, 2.75) is 108 Å². The van der Waals surface area contributed by atoms with Crippen molar-refractivity contribution in [3.63, 3.8) is 0 Å². The molecule has 0 saturated carbocycles. The summed E-state index contributed by atoms with van der Waals surface area (Å²) >= 11 is 0. The van der Waals surface area contributed by atoms with Gasteiger partial charge in [0.2, 0.25) is 0 Å². The highest BCUT2D eigenvalue weighted by Crippen LogP contribution is 2.18. The first kappa shape index (κ1) is 23.3. The summed E-state index contributed by atoms with van der Waals surface area (Å²) in [6.45, 7) is 3.90. The summed E-state index contributed by atoms with van der Waals surface area (Å²) in [4.78, 5) is 16.4. The molecule has 2 heterocycles. The predicted molar refractivity (Wildman–Crippen MR) is 110 cm³/mol. The van der Waals surface area contributed by atoms with E-state index in [0.29, 0.717) is 18.5 Å². The fourth-order valence-electron chi connectivity index (χ4n) is 4.56. The van der Waals surface area contributed by atoms with Crippen molar-refractivity contribution < 1.29 is 25.0 Å². The van der Waals surface area contributed by atoms with E-state index in [9.17, 15) is 15.0 Å². The standard InChI is InChI=1S/C21H39N3O4/c1-16-20(26)14-19(24-12-11-22-15-24)18(23-16)10-8-6-4-2-3-5-7-9-17(25)13-21(27)28/h11,16-20,23,25-26H,2-10,12-15H2,1H3,(H,27,28)/p+1. The maximum absolute atomic E-state index is 10.5. The van der Waals surface area contributed by atoms with Crippen LogP contribution in [0.1, 0.15) is 77.6 Å². The van der Waals surface area contributed by atoms with Crippen LogP contribution in [-0.2, 0) is 4.79 Å². The number of aliphatic imine (C=N–C) groups is 1. The summed E-state index contributed by atoms with van der Waals surface area (Å²) in [5, 5.41) is 32.1. The van der Waals surface area contributed by atoms with E-state index in [1.54, 1.807) is 0 Å². The second-order valence-electron chi connectivity index (χ2n) is 8.66. The summed E-state index contributed by atoms with van der Waals surface area (Å²) in [5.41, 5.74) is 0. The van der Waals surface area contributed by atoms with Crippen LogP contribution in [-0.4, -0.2) is 71.1 Å². The van der Waals surface area contributed by atoms with E-state index in [4.69, 9.17) is 5.11 Å². The number of carboxylic acids is 1. The summed E-state index contributed by atoms with van der Waals surface area (Å²) in [5.74, 6) is -0.926. The number of nitrogens with one attached hydrogen (secondary N) is 2. The first-order valence-corrected chi connectivity index (χ1v) is 11.1. The van der Waals surface area contributed by atoms with Gasteiger partial charge in [0.25, 0.3) is 0 Å². The SMILES string of the molecule is CC1NC(CCCCCCCCCC(O)CC(=O)O)C([NH+]2CC=NC2)CC1O. The molecule has 1 fully saturated rings. The van der Waals surface area contributed by atoms with Crippen LogP contribution < -0.4 is 10.2 Å². The Hall–Kier alpha value is -1.02. The summed E-state index contributed by atoms with van der Waals surface area (Å²) in [6.07, 6.45) is 11.5. The number of piperidine rings is 1. The molecular weight excluding hydrogens is 358 g/mol. The van der Waals surface area contributed by atoms with Crippen LogP contribution in [0.15, 0.2) is 4.99 Å². The zero-order valence-corrected chi connectivity index (χ0v) is 17.4. The normalized spacial score (nSPS) is 31.2. The van der Waals surface area contributed by atoms with Crippen molar-refractivity contribution in [1.29, 1.82) is 0 Å². The van der Waals surface area contributed by atoms with Gasteiger partial charge in [-0.2, -0.15) is 0 Å². The Bertz CT molecular complexity index is 480. The summed E-state index contributed by atoms with van der Waals surface area (Å²) in [7, 11) is 0. The summed E-state index contributed by atoms with van der Waals surface area (Å²) < 4.78 is 0. The van der Waals surface area contributed by atoms with Gasteiger partial charge in [-0.1, -0.05) is 44.9 Å². The van der Waals surface area contributed by atoms with Gasteiger partial charge in [-0.05, 0) is 19.8 Å². The van der Waals surface area contributed by atoms with Crippen LogP contribution >= 0.6 is 0 Å². The Morgan fingerprint density at radius 2 is 1.89 bits per heavy atom. The van der Waals surface area contributed by atoms with Crippen LogP contribution in [0.2, 0.25) is 0 Å². The van der Waals surface area contributed by atoms with E-state index < -0.39 is 12.1 Å². The highest BCUT2D eigenvalue weighted by Gasteiger charge is 2.39. The number of carboxylic acid groups (broad SMARTS) is 1. The third-order valence-corrected chi connectivity index (χ3v) is 6.30. The van der Waals surface area contributed by atoms with Crippen LogP contribution in [0.4, 0.5) is 0 Å². The molecule has 6 unspecified atom stereocenters. The van der Waals surface area contributed by atoms with E-state index in [0.717, 1.165) is 45.3 Å². The number of hydrogen-bond acceptors (Lipinski definition) is 5. The lowest BCUT2D eigenvalue weighted by atomic mass is 9.87. The second-order valence-corrected chi connectivity index (χ2v) is 8.66. The van der Waals surface area contributed by atoms with Gasteiger partial charge in [0, 0.05) is 12.5 Å². The Kier molecular flexibility index (Phi) is 10.4. The largest absolute Gasteiger partial charge is 0.481 e. The predicted octanol–water partition coefficient (Wildman–Crippen LogP) is 0.740. The topological polar surface area (TPSA) is 107 Å². The number of hydrogen-bond donors (Lipinski definition) is 5. The number of aliphatic hydroxyl groups is 2.